The molecular formula is C27H29NO3. The van der Waals surface area contributed by atoms with Gasteiger partial charge in [0.25, 0.3) is 0 Å². The lowest BCUT2D eigenvalue weighted by Crippen LogP contribution is -2.29. The SMILES string of the molecule is O=C(Nc1ccccc1)Oc1ccc(C2(c3ccc(O)cc3)CCCCCCC2)cc1. The summed E-state index contributed by atoms with van der Waals surface area (Å²) >= 11 is 0. The van der Waals surface area contributed by atoms with Crippen molar-refractivity contribution in [3.8, 4) is 11.5 Å². The topological polar surface area (TPSA) is 58.6 Å². The molecule has 0 radical (unpaired) electrons. The summed E-state index contributed by atoms with van der Waals surface area (Å²) < 4.78 is 5.48. The molecule has 0 saturated heterocycles. The Bertz CT molecular complexity index is 973. The molecule has 0 spiro atoms. The first-order valence-corrected chi connectivity index (χ1v) is 11.1. The van der Waals surface area contributed by atoms with Gasteiger partial charge in [-0.05, 0) is 60.4 Å². The van der Waals surface area contributed by atoms with Crippen LogP contribution in [0.4, 0.5) is 10.5 Å². The number of carbonyl (C=O) groups excluding carboxylic acids is 1. The van der Waals surface area contributed by atoms with E-state index in [0.29, 0.717) is 11.4 Å². The molecule has 1 saturated carbocycles. The lowest BCUT2D eigenvalue weighted by Gasteiger charge is -2.37. The van der Waals surface area contributed by atoms with Crippen molar-refractivity contribution < 1.29 is 14.6 Å². The molecule has 0 unspecified atom stereocenters. The summed E-state index contributed by atoms with van der Waals surface area (Å²) in [4.78, 5) is 12.2. The third-order valence-corrected chi connectivity index (χ3v) is 6.26. The highest BCUT2D eigenvalue weighted by molar-refractivity contribution is 5.86. The zero-order chi connectivity index (χ0) is 21.5. The number of carbonyl (C=O) groups is 1. The van der Waals surface area contributed by atoms with Crippen molar-refractivity contribution in [3.05, 3.63) is 90.0 Å². The molecule has 3 aromatic carbocycles. The van der Waals surface area contributed by atoms with Crippen molar-refractivity contribution in [1.29, 1.82) is 0 Å². The molecule has 0 heterocycles. The molecule has 4 heteroatoms. The maximum Gasteiger partial charge on any atom is 0.417 e. The van der Waals surface area contributed by atoms with Gasteiger partial charge in [-0.25, -0.2) is 4.79 Å². The largest absolute Gasteiger partial charge is 0.508 e. The Labute approximate surface area is 183 Å². The summed E-state index contributed by atoms with van der Waals surface area (Å²) in [6.07, 6.45) is 7.81. The van der Waals surface area contributed by atoms with Gasteiger partial charge in [-0.3, -0.25) is 5.32 Å². The number of aromatic hydroxyl groups is 1. The smallest absolute Gasteiger partial charge is 0.417 e. The van der Waals surface area contributed by atoms with E-state index in [-0.39, 0.29) is 11.2 Å². The fraction of sp³-hybridized carbons (Fsp3) is 0.296. The van der Waals surface area contributed by atoms with E-state index in [1.165, 1.54) is 43.2 Å². The number of hydrogen-bond acceptors (Lipinski definition) is 3. The minimum Gasteiger partial charge on any atom is -0.508 e. The number of phenolic OH excluding ortho intramolecular Hbond substituents is 1. The van der Waals surface area contributed by atoms with Gasteiger partial charge in [-0.15, -0.1) is 0 Å². The predicted molar refractivity (Wildman–Crippen MR) is 124 cm³/mol. The minimum atomic E-state index is -0.502. The van der Waals surface area contributed by atoms with Crippen molar-refractivity contribution in [2.45, 2.75) is 50.4 Å². The van der Waals surface area contributed by atoms with Gasteiger partial charge in [0.05, 0.1) is 0 Å². The van der Waals surface area contributed by atoms with Crippen LogP contribution in [0.1, 0.15) is 56.1 Å². The second-order valence-corrected chi connectivity index (χ2v) is 8.30. The lowest BCUT2D eigenvalue weighted by molar-refractivity contribution is 0.215. The molecule has 1 aliphatic rings. The molecule has 0 atom stereocenters. The minimum absolute atomic E-state index is 0.0844. The van der Waals surface area contributed by atoms with E-state index in [9.17, 15) is 9.90 Å². The summed E-state index contributed by atoms with van der Waals surface area (Å²) in [5.74, 6) is 0.807. The molecule has 2 N–H and O–H groups in total. The fourth-order valence-corrected chi connectivity index (χ4v) is 4.65. The van der Waals surface area contributed by atoms with E-state index in [0.717, 1.165) is 12.8 Å². The molecule has 4 nitrogen and oxygen atoms in total. The molecule has 160 valence electrons. The first-order valence-electron chi connectivity index (χ1n) is 11.1. The van der Waals surface area contributed by atoms with Crippen LogP contribution in [-0.2, 0) is 5.41 Å². The second-order valence-electron chi connectivity index (χ2n) is 8.30. The Hall–Kier alpha value is -3.27. The van der Waals surface area contributed by atoms with E-state index in [1.54, 1.807) is 12.1 Å². The van der Waals surface area contributed by atoms with E-state index in [2.05, 4.69) is 29.6 Å². The number of nitrogens with one attached hydrogen (secondary N) is 1. The van der Waals surface area contributed by atoms with Gasteiger partial charge < -0.3 is 9.84 Å². The van der Waals surface area contributed by atoms with E-state index in [1.807, 2.05) is 42.5 Å². The standard InChI is InChI=1S/C27H29NO3/c29-24-15-11-21(12-16-24)27(19-7-2-1-3-8-20-27)22-13-17-25(18-14-22)31-26(30)28-23-9-5-4-6-10-23/h4-6,9-18,29H,1-3,7-8,19-20H2,(H,28,30). The average Bonchev–Trinajstić information content (AvgIpc) is 2.76. The Kier molecular flexibility index (Phi) is 6.56. The third kappa shape index (κ3) is 5.08. The van der Waals surface area contributed by atoms with Crippen LogP contribution in [-0.4, -0.2) is 11.2 Å². The summed E-state index contributed by atoms with van der Waals surface area (Å²) in [7, 11) is 0. The van der Waals surface area contributed by atoms with Crippen molar-refractivity contribution in [2.75, 3.05) is 5.32 Å². The van der Waals surface area contributed by atoms with Gasteiger partial charge in [0.2, 0.25) is 0 Å². The van der Waals surface area contributed by atoms with Crippen LogP contribution in [0.25, 0.3) is 0 Å². The molecule has 0 aromatic heterocycles. The van der Waals surface area contributed by atoms with Crippen LogP contribution in [0.5, 0.6) is 11.5 Å². The van der Waals surface area contributed by atoms with E-state index >= 15 is 0 Å². The van der Waals surface area contributed by atoms with Crippen molar-refractivity contribution in [3.63, 3.8) is 0 Å². The second kappa shape index (κ2) is 9.69. The normalized spacial score (nSPS) is 16.0. The van der Waals surface area contributed by atoms with Crippen LogP contribution in [0.2, 0.25) is 0 Å². The summed E-state index contributed by atoms with van der Waals surface area (Å²) in [5.41, 5.74) is 3.09. The molecule has 1 fully saturated rings. The highest BCUT2D eigenvalue weighted by Crippen LogP contribution is 2.44. The van der Waals surface area contributed by atoms with Gasteiger partial charge >= 0.3 is 6.09 Å². The van der Waals surface area contributed by atoms with Gasteiger partial charge in [-0.2, -0.15) is 0 Å². The number of benzene rings is 3. The van der Waals surface area contributed by atoms with Crippen molar-refractivity contribution in [1.82, 2.24) is 0 Å². The van der Waals surface area contributed by atoms with Gasteiger partial charge in [0.1, 0.15) is 11.5 Å². The van der Waals surface area contributed by atoms with Crippen molar-refractivity contribution in [2.24, 2.45) is 0 Å². The zero-order valence-corrected chi connectivity index (χ0v) is 17.7. The van der Waals surface area contributed by atoms with Crippen LogP contribution in [0.3, 0.4) is 0 Å². The van der Waals surface area contributed by atoms with Crippen LogP contribution < -0.4 is 10.1 Å². The lowest BCUT2D eigenvalue weighted by atomic mass is 9.67. The molecular weight excluding hydrogens is 386 g/mol. The summed E-state index contributed by atoms with van der Waals surface area (Å²) in [6.45, 7) is 0. The molecule has 1 aliphatic carbocycles. The number of phenols is 1. The van der Waals surface area contributed by atoms with Crippen LogP contribution >= 0.6 is 0 Å². The summed E-state index contributed by atoms with van der Waals surface area (Å²) in [5, 5.41) is 12.5. The number of anilines is 1. The molecule has 4 rings (SSSR count). The quantitative estimate of drug-likeness (QED) is 0.481. The first-order chi connectivity index (χ1) is 15.2. The maximum atomic E-state index is 12.2. The zero-order valence-electron chi connectivity index (χ0n) is 17.7. The highest BCUT2D eigenvalue weighted by atomic mass is 16.6. The number of ether oxygens (including phenoxy) is 1. The molecule has 31 heavy (non-hydrogen) atoms. The van der Waals surface area contributed by atoms with Crippen molar-refractivity contribution >= 4 is 11.8 Å². The maximum absolute atomic E-state index is 12.2. The average molecular weight is 416 g/mol. The van der Waals surface area contributed by atoms with Gasteiger partial charge in [0.15, 0.2) is 0 Å². The monoisotopic (exact) mass is 415 g/mol. The number of hydrogen-bond donors (Lipinski definition) is 2. The Morgan fingerprint density at radius 2 is 1.29 bits per heavy atom. The Morgan fingerprint density at radius 3 is 1.90 bits per heavy atom. The third-order valence-electron chi connectivity index (χ3n) is 6.26. The molecule has 0 aliphatic heterocycles. The number of rotatable bonds is 4. The van der Waals surface area contributed by atoms with Crippen LogP contribution in [0.15, 0.2) is 78.9 Å². The Balaban J connectivity index is 1.56. The van der Waals surface area contributed by atoms with Gasteiger partial charge in [-0.1, -0.05) is 74.6 Å². The molecule has 3 aromatic rings. The molecule has 0 bridgehead atoms. The number of para-hydroxylation sites is 1. The summed E-state index contributed by atoms with van der Waals surface area (Å²) in [6, 6.07) is 24.8. The van der Waals surface area contributed by atoms with Crippen LogP contribution in [0, 0.1) is 0 Å². The van der Waals surface area contributed by atoms with Gasteiger partial charge in [0, 0.05) is 11.1 Å². The van der Waals surface area contributed by atoms with E-state index < -0.39 is 6.09 Å². The highest BCUT2D eigenvalue weighted by Gasteiger charge is 2.34. The molecule has 1 amide bonds. The van der Waals surface area contributed by atoms with E-state index in [4.69, 9.17) is 4.74 Å². The Morgan fingerprint density at radius 1 is 0.742 bits per heavy atom. The first kappa shape index (κ1) is 21.0. The predicted octanol–water partition coefficient (Wildman–Crippen LogP) is 7.03. The number of amides is 1. The fourth-order valence-electron chi connectivity index (χ4n) is 4.65.